The minimum absolute atomic E-state index is 0.861. The van der Waals surface area contributed by atoms with Crippen LogP contribution in [0.4, 0.5) is 0 Å². The minimum atomic E-state index is 0.861. The summed E-state index contributed by atoms with van der Waals surface area (Å²) in [5.74, 6) is 7.22. The van der Waals surface area contributed by atoms with Gasteiger partial charge in [-0.2, -0.15) is 0 Å². The molecule has 0 fully saturated rings. The zero-order valence-corrected chi connectivity index (χ0v) is 32.2. The van der Waals surface area contributed by atoms with Gasteiger partial charge in [0.1, 0.15) is 5.57 Å². The van der Waals surface area contributed by atoms with Crippen LogP contribution >= 0.6 is 0 Å². The first-order valence-corrected chi connectivity index (χ1v) is 20.8. The number of unbranched alkanes of at least 4 members (excludes halogenated alkanes) is 18. The van der Waals surface area contributed by atoms with E-state index in [9.17, 15) is 5.53 Å². The zero-order chi connectivity index (χ0) is 34.9. The Hall–Kier alpha value is -2.92. The predicted octanol–water partition coefficient (Wildman–Crippen LogP) is 15.0. The summed E-state index contributed by atoms with van der Waals surface area (Å²) >= 11 is 0. The number of hydrogen-bond donors (Lipinski definition) is 0. The van der Waals surface area contributed by atoms with Crippen LogP contribution in [0.15, 0.2) is 59.7 Å². The van der Waals surface area contributed by atoms with Gasteiger partial charge >= 0.3 is 0 Å². The van der Waals surface area contributed by atoms with Crippen molar-refractivity contribution in [1.29, 1.82) is 0 Å². The maximum atomic E-state index is 12.0. The van der Waals surface area contributed by atoms with E-state index in [1.54, 1.807) is 0 Å². The van der Waals surface area contributed by atoms with Crippen molar-refractivity contribution in [3.05, 3.63) is 87.5 Å². The largest absolute Gasteiger partial charge is 0.493 e. The molecule has 0 spiro atoms. The lowest BCUT2D eigenvalue weighted by Crippen LogP contribution is -2.03. The molecule has 2 nitrogen and oxygen atoms in total. The third kappa shape index (κ3) is 14.5. The molecule has 0 aromatic heterocycles. The maximum absolute atomic E-state index is 12.0. The number of hydrogen-bond acceptors (Lipinski definition) is 0. The number of allylic oxidation sites excluding steroid dienone is 2. The maximum Gasteiger partial charge on any atom is 0.223 e. The van der Waals surface area contributed by atoms with Gasteiger partial charge < -0.3 is 5.53 Å². The molecular weight excluding hydrogens is 593 g/mol. The lowest BCUT2D eigenvalue weighted by molar-refractivity contribution is -0.345. The van der Waals surface area contributed by atoms with Crippen LogP contribution in [-0.4, -0.2) is 4.70 Å². The molecule has 0 amide bonds. The molecule has 0 bridgehead atoms. The molecule has 2 aromatic rings. The summed E-state index contributed by atoms with van der Waals surface area (Å²) in [6, 6.07) is 17.7. The van der Waals surface area contributed by atoms with Crippen molar-refractivity contribution < 1.29 is 4.70 Å². The summed E-state index contributed by atoms with van der Waals surface area (Å²) in [6.45, 7) is 9.05. The SMILES string of the molecule is CCCCCCCCCCCCCCCCC#CC1=C(c2cccc(CCCC)c2)[N+](=[N-])C(c2ccc(CCCCC)cc2)=C1CCCC. The summed E-state index contributed by atoms with van der Waals surface area (Å²) in [6.07, 6.45) is 31.5. The first kappa shape index (κ1) is 40.5. The molecule has 0 saturated heterocycles. The highest BCUT2D eigenvalue weighted by atomic mass is 15.2. The van der Waals surface area contributed by atoms with Crippen LogP contribution in [0.25, 0.3) is 16.9 Å². The molecule has 0 atom stereocenters. The molecule has 2 heteroatoms. The molecule has 0 saturated carbocycles. The predicted molar refractivity (Wildman–Crippen MR) is 214 cm³/mol. The number of nitrogens with zero attached hydrogens (tertiary/aromatic N) is 2. The van der Waals surface area contributed by atoms with Gasteiger partial charge in [-0.15, -0.1) is 0 Å². The van der Waals surface area contributed by atoms with Crippen LogP contribution in [0.3, 0.4) is 0 Å². The van der Waals surface area contributed by atoms with Crippen LogP contribution in [-0.2, 0) is 12.8 Å². The van der Waals surface area contributed by atoms with Crippen molar-refractivity contribution in [2.45, 2.75) is 188 Å². The molecule has 3 rings (SSSR count). The Bertz CT molecular complexity index is 1350. The topological polar surface area (TPSA) is 25.3 Å². The van der Waals surface area contributed by atoms with Crippen molar-refractivity contribution in [3.63, 3.8) is 0 Å². The lowest BCUT2D eigenvalue weighted by atomic mass is 9.94. The van der Waals surface area contributed by atoms with Gasteiger partial charge in [0, 0.05) is 23.1 Å². The summed E-state index contributed by atoms with van der Waals surface area (Å²) in [5.41, 5.74) is 20.8. The average Bonchev–Trinajstić information content (AvgIpc) is 3.40. The fourth-order valence-corrected chi connectivity index (χ4v) is 7.12. The van der Waals surface area contributed by atoms with E-state index in [-0.39, 0.29) is 0 Å². The zero-order valence-electron chi connectivity index (χ0n) is 32.2. The fourth-order valence-electron chi connectivity index (χ4n) is 7.12. The van der Waals surface area contributed by atoms with E-state index in [0.29, 0.717) is 0 Å². The van der Waals surface area contributed by atoms with Crippen molar-refractivity contribution in [2.75, 3.05) is 0 Å². The van der Waals surface area contributed by atoms with Crippen LogP contribution in [0.2, 0.25) is 0 Å². The molecule has 1 aliphatic heterocycles. The smallest absolute Gasteiger partial charge is 0.223 e. The normalized spacial score (nSPS) is 13.0. The second-order valence-corrected chi connectivity index (χ2v) is 14.6. The summed E-state index contributed by atoms with van der Waals surface area (Å²) in [4.78, 5) is 0. The van der Waals surface area contributed by atoms with Crippen LogP contribution < -0.4 is 0 Å². The lowest BCUT2D eigenvalue weighted by Gasteiger charge is -2.11. The summed E-state index contributed by atoms with van der Waals surface area (Å²) < 4.78 is 1.48. The Labute approximate surface area is 302 Å². The van der Waals surface area contributed by atoms with Gasteiger partial charge in [-0.3, -0.25) is 0 Å². The molecule has 2 aromatic carbocycles. The molecule has 0 radical (unpaired) electrons. The third-order valence-corrected chi connectivity index (χ3v) is 10.2. The molecule has 0 N–H and O–H groups in total. The standard InChI is InChI=1S/C47H70N2/c1-5-9-13-14-15-16-17-18-19-20-21-22-23-24-25-27-34-45-44(33-12-8-4)46(42-37-35-40(36-38-42)30-26-10-6-2)49(48)47(45)43-32-28-31-41(39-43)29-11-7-3/h28,31-32,35-39H,5-26,29-30,33H2,1-4H3. The molecule has 1 aliphatic rings. The van der Waals surface area contributed by atoms with Gasteiger partial charge in [0.05, 0.1) is 0 Å². The van der Waals surface area contributed by atoms with E-state index in [2.05, 4.69) is 88.1 Å². The van der Waals surface area contributed by atoms with Gasteiger partial charge in [-0.1, -0.05) is 173 Å². The van der Waals surface area contributed by atoms with E-state index in [4.69, 9.17) is 0 Å². The van der Waals surface area contributed by atoms with Gasteiger partial charge in [-0.05, 0) is 80.3 Å². The molecular formula is C47H70N2. The average molecular weight is 663 g/mol. The monoisotopic (exact) mass is 663 g/mol. The van der Waals surface area contributed by atoms with Crippen molar-refractivity contribution in [2.24, 2.45) is 0 Å². The Balaban J connectivity index is 1.69. The molecule has 0 aliphatic carbocycles. The van der Waals surface area contributed by atoms with Crippen LogP contribution in [0.1, 0.15) is 198 Å². The Kier molecular flexibility index (Phi) is 20.7. The fraction of sp³-hybridized carbons (Fsp3) is 0.617. The number of aryl methyl sites for hydroxylation is 2. The Morgan fingerprint density at radius 2 is 1.02 bits per heavy atom. The first-order chi connectivity index (χ1) is 24.1. The van der Waals surface area contributed by atoms with Crippen molar-refractivity contribution >= 4 is 11.4 Å². The Morgan fingerprint density at radius 3 is 1.63 bits per heavy atom. The van der Waals surface area contributed by atoms with Gasteiger partial charge in [0.15, 0.2) is 0 Å². The minimum Gasteiger partial charge on any atom is -0.493 e. The summed E-state index contributed by atoms with van der Waals surface area (Å²) in [5, 5.41) is 0. The van der Waals surface area contributed by atoms with Crippen molar-refractivity contribution in [3.8, 4) is 11.8 Å². The van der Waals surface area contributed by atoms with Crippen LogP contribution in [0.5, 0.6) is 0 Å². The molecule has 1 heterocycles. The highest BCUT2D eigenvalue weighted by Gasteiger charge is 2.35. The quantitative estimate of drug-likeness (QED) is 0.0544. The molecule has 0 unspecified atom stereocenters. The van der Waals surface area contributed by atoms with E-state index in [1.807, 2.05) is 0 Å². The van der Waals surface area contributed by atoms with E-state index in [0.717, 1.165) is 73.0 Å². The van der Waals surface area contributed by atoms with E-state index >= 15 is 0 Å². The highest BCUT2D eigenvalue weighted by molar-refractivity contribution is 5.85. The third-order valence-electron chi connectivity index (χ3n) is 10.2. The van der Waals surface area contributed by atoms with E-state index < -0.39 is 0 Å². The highest BCUT2D eigenvalue weighted by Crippen LogP contribution is 2.42. The van der Waals surface area contributed by atoms with Crippen LogP contribution in [0, 0.1) is 11.8 Å². The number of benzene rings is 2. The van der Waals surface area contributed by atoms with Gasteiger partial charge in [0.25, 0.3) is 0 Å². The van der Waals surface area contributed by atoms with Gasteiger partial charge in [0.2, 0.25) is 11.4 Å². The summed E-state index contributed by atoms with van der Waals surface area (Å²) in [7, 11) is 0. The second kappa shape index (κ2) is 25.1. The van der Waals surface area contributed by atoms with Crippen molar-refractivity contribution in [1.82, 2.24) is 0 Å². The number of rotatable bonds is 26. The molecule has 49 heavy (non-hydrogen) atoms. The van der Waals surface area contributed by atoms with Gasteiger partial charge in [-0.25, -0.2) is 4.70 Å². The van der Waals surface area contributed by atoms with E-state index in [1.165, 1.54) is 137 Å². The molecule has 268 valence electrons. The second-order valence-electron chi connectivity index (χ2n) is 14.6. The Morgan fingerprint density at radius 1 is 0.490 bits per heavy atom. The first-order valence-electron chi connectivity index (χ1n) is 20.8.